The molecule has 1 heterocycles. The average Bonchev–Trinajstić information content (AvgIpc) is 2.29. The van der Waals surface area contributed by atoms with Crippen LogP contribution in [0.5, 0.6) is 5.75 Å². The van der Waals surface area contributed by atoms with E-state index < -0.39 is 0 Å². The zero-order valence-electron chi connectivity index (χ0n) is 9.22. The van der Waals surface area contributed by atoms with E-state index in [1.54, 1.807) is 0 Å². The molecule has 0 N–H and O–H groups in total. The molecule has 1 fully saturated rings. The van der Waals surface area contributed by atoms with Crippen molar-refractivity contribution >= 4 is 0 Å². The van der Waals surface area contributed by atoms with Crippen LogP contribution < -0.4 is 4.74 Å². The predicted octanol–water partition coefficient (Wildman–Crippen LogP) is 2.24. The lowest BCUT2D eigenvalue weighted by Crippen LogP contribution is -2.50. The maximum atomic E-state index is 5.72. The van der Waals surface area contributed by atoms with Crippen molar-refractivity contribution in [2.75, 3.05) is 26.4 Å². The van der Waals surface area contributed by atoms with Gasteiger partial charge in [0.25, 0.3) is 0 Å². The number of hydrogen-bond donors (Lipinski definition) is 0. The van der Waals surface area contributed by atoms with Crippen LogP contribution in [0.3, 0.4) is 0 Å². The molecule has 0 unspecified atom stereocenters. The van der Waals surface area contributed by atoms with E-state index in [4.69, 9.17) is 14.2 Å². The van der Waals surface area contributed by atoms with E-state index in [9.17, 15) is 0 Å². The minimum Gasteiger partial charge on any atom is -0.501 e. The van der Waals surface area contributed by atoms with Crippen LogP contribution in [-0.4, -0.2) is 26.4 Å². The fourth-order valence-electron chi connectivity index (χ4n) is 1.59. The standard InChI is InChI=1S/C13H16O3/c1-2-14-8-13(9-15-10-13)11-16-12-6-4-3-5-7-12/h2-7H,1,8-11H2. The number of benzene rings is 1. The van der Waals surface area contributed by atoms with Crippen LogP contribution in [0.15, 0.2) is 43.2 Å². The molecule has 0 saturated carbocycles. The Morgan fingerprint density at radius 1 is 1.25 bits per heavy atom. The molecule has 16 heavy (non-hydrogen) atoms. The Bertz CT molecular complexity index is 330. The van der Waals surface area contributed by atoms with Gasteiger partial charge in [-0.1, -0.05) is 24.8 Å². The molecule has 0 spiro atoms. The largest absolute Gasteiger partial charge is 0.501 e. The lowest BCUT2D eigenvalue weighted by atomic mass is 9.88. The Hall–Kier alpha value is -1.48. The van der Waals surface area contributed by atoms with Crippen molar-refractivity contribution in [3.8, 4) is 5.75 Å². The highest BCUT2D eigenvalue weighted by Crippen LogP contribution is 2.29. The average molecular weight is 220 g/mol. The van der Waals surface area contributed by atoms with Gasteiger partial charge in [-0.05, 0) is 12.1 Å². The van der Waals surface area contributed by atoms with E-state index >= 15 is 0 Å². The van der Waals surface area contributed by atoms with E-state index in [0.29, 0.717) is 26.4 Å². The third-order valence-electron chi connectivity index (χ3n) is 2.61. The Kier molecular flexibility index (Phi) is 3.47. The normalized spacial score (nSPS) is 17.2. The Labute approximate surface area is 95.6 Å². The number of para-hydroxylation sites is 1. The summed E-state index contributed by atoms with van der Waals surface area (Å²) < 4.78 is 16.2. The zero-order chi connectivity index (χ0) is 11.3. The van der Waals surface area contributed by atoms with Crippen LogP contribution in [0.25, 0.3) is 0 Å². The minimum atomic E-state index is -0.00989. The van der Waals surface area contributed by atoms with Crippen LogP contribution in [0.4, 0.5) is 0 Å². The van der Waals surface area contributed by atoms with Gasteiger partial charge in [0.1, 0.15) is 19.0 Å². The van der Waals surface area contributed by atoms with Gasteiger partial charge in [0.05, 0.1) is 24.9 Å². The molecule has 86 valence electrons. The summed E-state index contributed by atoms with van der Waals surface area (Å²) in [5.41, 5.74) is -0.00989. The first-order valence-electron chi connectivity index (χ1n) is 5.33. The molecular weight excluding hydrogens is 204 g/mol. The molecule has 0 atom stereocenters. The Morgan fingerprint density at radius 3 is 2.56 bits per heavy atom. The molecule has 2 rings (SSSR count). The highest BCUT2D eigenvalue weighted by atomic mass is 16.5. The molecule has 1 aromatic rings. The third-order valence-corrected chi connectivity index (χ3v) is 2.61. The second-order valence-corrected chi connectivity index (χ2v) is 4.07. The van der Waals surface area contributed by atoms with Crippen molar-refractivity contribution in [1.82, 2.24) is 0 Å². The summed E-state index contributed by atoms with van der Waals surface area (Å²) in [7, 11) is 0. The van der Waals surface area contributed by atoms with Crippen LogP contribution in [-0.2, 0) is 9.47 Å². The van der Waals surface area contributed by atoms with E-state index in [2.05, 4.69) is 6.58 Å². The van der Waals surface area contributed by atoms with Gasteiger partial charge in [0.15, 0.2) is 0 Å². The van der Waals surface area contributed by atoms with E-state index in [0.717, 1.165) is 5.75 Å². The van der Waals surface area contributed by atoms with Gasteiger partial charge in [-0.2, -0.15) is 0 Å². The Morgan fingerprint density at radius 2 is 2.00 bits per heavy atom. The monoisotopic (exact) mass is 220 g/mol. The van der Waals surface area contributed by atoms with Crippen molar-refractivity contribution in [1.29, 1.82) is 0 Å². The molecule has 3 heteroatoms. The molecule has 0 bridgehead atoms. The smallest absolute Gasteiger partial charge is 0.119 e. The Balaban J connectivity index is 1.85. The zero-order valence-corrected chi connectivity index (χ0v) is 9.22. The fourth-order valence-corrected chi connectivity index (χ4v) is 1.59. The van der Waals surface area contributed by atoms with Crippen molar-refractivity contribution < 1.29 is 14.2 Å². The van der Waals surface area contributed by atoms with Crippen LogP contribution >= 0.6 is 0 Å². The predicted molar refractivity (Wildman–Crippen MR) is 61.3 cm³/mol. The van der Waals surface area contributed by atoms with Gasteiger partial charge >= 0.3 is 0 Å². The van der Waals surface area contributed by atoms with Gasteiger partial charge in [-0.25, -0.2) is 0 Å². The molecule has 1 aromatic carbocycles. The maximum Gasteiger partial charge on any atom is 0.119 e. The van der Waals surface area contributed by atoms with Gasteiger partial charge in [0, 0.05) is 0 Å². The summed E-state index contributed by atoms with van der Waals surface area (Å²) in [4.78, 5) is 0. The number of rotatable bonds is 6. The summed E-state index contributed by atoms with van der Waals surface area (Å²) in [5.74, 6) is 0.882. The fraction of sp³-hybridized carbons (Fsp3) is 0.385. The quantitative estimate of drug-likeness (QED) is 0.688. The molecule has 1 aliphatic rings. The third kappa shape index (κ3) is 2.55. The number of ether oxygens (including phenoxy) is 3. The van der Waals surface area contributed by atoms with Crippen molar-refractivity contribution in [3.63, 3.8) is 0 Å². The highest BCUT2D eigenvalue weighted by Gasteiger charge is 2.40. The SMILES string of the molecule is C=COCC1(COc2ccccc2)COC1. The highest BCUT2D eigenvalue weighted by molar-refractivity contribution is 5.21. The van der Waals surface area contributed by atoms with E-state index in [1.165, 1.54) is 6.26 Å². The molecule has 0 radical (unpaired) electrons. The summed E-state index contributed by atoms with van der Waals surface area (Å²) in [5, 5.41) is 0. The molecule has 0 aromatic heterocycles. The van der Waals surface area contributed by atoms with Gasteiger partial charge < -0.3 is 14.2 Å². The van der Waals surface area contributed by atoms with Crippen LogP contribution in [0.1, 0.15) is 0 Å². The van der Waals surface area contributed by atoms with Crippen molar-refractivity contribution in [2.24, 2.45) is 5.41 Å². The van der Waals surface area contributed by atoms with Crippen LogP contribution in [0, 0.1) is 5.41 Å². The van der Waals surface area contributed by atoms with Gasteiger partial charge in [0.2, 0.25) is 0 Å². The van der Waals surface area contributed by atoms with Crippen molar-refractivity contribution in [2.45, 2.75) is 0 Å². The molecular formula is C13H16O3. The second kappa shape index (κ2) is 5.03. The summed E-state index contributed by atoms with van der Waals surface area (Å²) in [6.07, 6.45) is 1.46. The summed E-state index contributed by atoms with van der Waals surface area (Å²) >= 11 is 0. The van der Waals surface area contributed by atoms with E-state index in [-0.39, 0.29) is 5.41 Å². The lowest BCUT2D eigenvalue weighted by Gasteiger charge is -2.40. The number of hydrogen-bond acceptors (Lipinski definition) is 3. The minimum absolute atomic E-state index is 0.00989. The first kappa shape index (κ1) is 11.0. The molecule has 0 aliphatic carbocycles. The van der Waals surface area contributed by atoms with E-state index in [1.807, 2.05) is 30.3 Å². The molecule has 1 aliphatic heterocycles. The lowest BCUT2D eigenvalue weighted by molar-refractivity contribution is -0.154. The maximum absolute atomic E-state index is 5.72. The summed E-state index contributed by atoms with van der Waals surface area (Å²) in [6, 6.07) is 9.78. The summed E-state index contributed by atoms with van der Waals surface area (Å²) in [6.45, 7) is 6.13. The topological polar surface area (TPSA) is 27.7 Å². The first-order valence-corrected chi connectivity index (χ1v) is 5.33. The first-order chi connectivity index (χ1) is 7.85. The second-order valence-electron chi connectivity index (χ2n) is 4.07. The molecule has 1 saturated heterocycles. The van der Waals surface area contributed by atoms with Crippen LogP contribution in [0.2, 0.25) is 0 Å². The van der Waals surface area contributed by atoms with Gasteiger partial charge in [-0.3, -0.25) is 0 Å². The van der Waals surface area contributed by atoms with Gasteiger partial charge in [-0.15, -0.1) is 0 Å². The molecule has 3 nitrogen and oxygen atoms in total. The molecule has 0 amide bonds. The van der Waals surface area contributed by atoms with Crippen molar-refractivity contribution in [3.05, 3.63) is 43.2 Å².